The molecule has 0 aliphatic rings. The van der Waals surface area contributed by atoms with E-state index >= 15 is 0 Å². The van der Waals surface area contributed by atoms with E-state index < -0.39 is 28.5 Å². The molecule has 0 atom stereocenters. The molecule has 4 nitrogen and oxygen atoms in total. The Hall–Kier alpha value is -0.697. The van der Waals surface area contributed by atoms with Crippen LogP contribution in [0.4, 0.5) is 0 Å². The van der Waals surface area contributed by atoms with E-state index in [0.717, 1.165) is 27.7 Å². The predicted molar refractivity (Wildman–Crippen MR) is 45.2 cm³/mol. The van der Waals surface area contributed by atoms with Gasteiger partial charge in [-0.25, -0.2) is 0 Å². The number of Topliss-reactive ketones (excluding diaryl/α,β-unsaturated/α-hetero) is 4. The van der Waals surface area contributed by atoms with Crippen molar-refractivity contribution in [1.29, 1.82) is 0 Å². The average molecular weight is 287 g/mol. The molecule has 0 bridgehead atoms. The minimum atomic E-state index is -2.06. The molecule has 0 N–H and O–H groups in total. The van der Waals surface area contributed by atoms with Gasteiger partial charge in [0.1, 0.15) is 0 Å². The molecule has 0 aliphatic carbocycles. The first-order chi connectivity index (χ1) is 5.77. The molecular formula is C9H12O4Rh. The topological polar surface area (TPSA) is 68.3 Å². The van der Waals surface area contributed by atoms with Gasteiger partial charge in [0.2, 0.25) is 5.41 Å². The number of carbonyl (C=O) groups excluding carboxylic acids is 4. The zero-order chi connectivity index (χ0) is 10.8. The summed E-state index contributed by atoms with van der Waals surface area (Å²) >= 11 is 0. The van der Waals surface area contributed by atoms with Crippen LogP contribution >= 0.6 is 0 Å². The summed E-state index contributed by atoms with van der Waals surface area (Å²) in [6.07, 6.45) is 0. The summed E-state index contributed by atoms with van der Waals surface area (Å²) in [5.41, 5.74) is -2.06. The van der Waals surface area contributed by atoms with Crippen LogP contribution in [0.2, 0.25) is 0 Å². The van der Waals surface area contributed by atoms with Gasteiger partial charge >= 0.3 is 0 Å². The van der Waals surface area contributed by atoms with Crippen LogP contribution in [0.25, 0.3) is 0 Å². The van der Waals surface area contributed by atoms with Gasteiger partial charge in [-0.05, 0) is 27.7 Å². The van der Waals surface area contributed by atoms with E-state index in [-0.39, 0.29) is 19.5 Å². The first-order valence-corrected chi connectivity index (χ1v) is 3.82. The molecule has 14 heavy (non-hydrogen) atoms. The predicted octanol–water partition coefficient (Wildman–Crippen LogP) is 0.326. The summed E-state index contributed by atoms with van der Waals surface area (Å²) in [5, 5.41) is 0. The quantitative estimate of drug-likeness (QED) is 0.552. The Bertz CT molecular complexity index is 232. The Balaban J connectivity index is 0. The molecule has 0 aromatic heterocycles. The summed E-state index contributed by atoms with van der Waals surface area (Å²) in [6, 6.07) is 0. The van der Waals surface area contributed by atoms with E-state index in [1.54, 1.807) is 0 Å². The Morgan fingerprint density at radius 2 is 0.786 bits per heavy atom. The molecule has 0 amide bonds. The SMILES string of the molecule is CC(=O)C(C(C)=O)(C(C)=O)C(C)=O.[Rh]. The summed E-state index contributed by atoms with van der Waals surface area (Å²) in [5.74, 6) is -2.83. The van der Waals surface area contributed by atoms with Crippen molar-refractivity contribution < 1.29 is 38.7 Å². The van der Waals surface area contributed by atoms with Crippen molar-refractivity contribution in [1.82, 2.24) is 0 Å². The zero-order valence-electron chi connectivity index (χ0n) is 8.47. The molecule has 81 valence electrons. The fourth-order valence-electron chi connectivity index (χ4n) is 1.49. The van der Waals surface area contributed by atoms with Crippen LogP contribution in [0.1, 0.15) is 27.7 Å². The molecule has 0 unspecified atom stereocenters. The van der Waals surface area contributed by atoms with Crippen LogP contribution in [0.5, 0.6) is 0 Å². The fourth-order valence-corrected chi connectivity index (χ4v) is 1.49. The van der Waals surface area contributed by atoms with E-state index in [0.29, 0.717) is 0 Å². The molecule has 0 aromatic carbocycles. The second-order valence-corrected chi connectivity index (χ2v) is 2.97. The van der Waals surface area contributed by atoms with Crippen LogP contribution in [0, 0.1) is 5.41 Å². The van der Waals surface area contributed by atoms with E-state index in [2.05, 4.69) is 0 Å². The Morgan fingerprint density at radius 1 is 0.643 bits per heavy atom. The van der Waals surface area contributed by atoms with Gasteiger partial charge in [-0.2, -0.15) is 0 Å². The third-order valence-corrected chi connectivity index (χ3v) is 2.11. The van der Waals surface area contributed by atoms with E-state index in [4.69, 9.17) is 0 Å². The Kier molecular flexibility index (Phi) is 5.91. The van der Waals surface area contributed by atoms with Crippen LogP contribution in [0.15, 0.2) is 0 Å². The molecule has 0 rings (SSSR count). The van der Waals surface area contributed by atoms with Crippen molar-refractivity contribution in [3.8, 4) is 0 Å². The maximum Gasteiger partial charge on any atom is 0.202 e. The molecular weight excluding hydrogens is 275 g/mol. The molecule has 0 aromatic rings. The Labute approximate surface area is 95.2 Å². The molecule has 0 spiro atoms. The first kappa shape index (κ1) is 15.8. The number of carbonyl (C=O) groups is 4. The van der Waals surface area contributed by atoms with Gasteiger partial charge in [0.15, 0.2) is 23.1 Å². The third-order valence-electron chi connectivity index (χ3n) is 2.11. The smallest absolute Gasteiger partial charge is 0.202 e. The standard InChI is InChI=1S/C9H12O4.Rh/c1-5(10)9(6(2)11,7(3)12)8(4)13;/h1-4H3;. The molecule has 0 saturated heterocycles. The molecule has 5 heteroatoms. The monoisotopic (exact) mass is 287 g/mol. The van der Waals surface area contributed by atoms with Crippen molar-refractivity contribution in [2.45, 2.75) is 27.7 Å². The van der Waals surface area contributed by atoms with Gasteiger partial charge in [0.05, 0.1) is 0 Å². The van der Waals surface area contributed by atoms with Gasteiger partial charge in [-0.1, -0.05) is 0 Å². The van der Waals surface area contributed by atoms with E-state index in [1.807, 2.05) is 0 Å². The second kappa shape index (κ2) is 5.25. The van der Waals surface area contributed by atoms with Crippen molar-refractivity contribution in [3.05, 3.63) is 0 Å². The van der Waals surface area contributed by atoms with Gasteiger partial charge < -0.3 is 0 Å². The van der Waals surface area contributed by atoms with E-state index in [1.165, 1.54) is 0 Å². The van der Waals surface area contributed by atoms with Gasteiger partial charge in [0.25, 0.3) is 0 Å². The average Bonchev–Trinajstić information content (AvgIpc) is 1.82. The summed E-state index contributed by atoms with van der Waals surface area (Å²) in [6.45, 7) is 4.29. The molecule has 1 radical (unpaired) electrons. The van der Waals surface area contributed by atoms with Crippen molar-refractivity contribution >= 4 is 23.1 Å². The maximum absolute atomic E-state index is 11.1. The van der Waals surface area contributed by atoms with Crippen LogP contribution in [-0.2, 0) is 38.7 Å². The number of hydrogen-bond donors (Lipinski definition) is 0. The third kappa shape index (κ3) is 2.21. The fraction of sp³-hybridized carbons (Fsp3) is 0.556. The molecule has 0 aliphatic heterocycles. The van der Waals surface area contributed by atoms with Crippen LogP contribution < -0.4 is 0 Å². The normalized spacial score (nSPS) is 10.0. The minimum Gasteiger partial charge on any atom is -0.298 e. The number of rotatable bonds is 4. The summed E-state index contributed by atoms with van der Waals surface area (Å²) in [4.78, 5) is 44.5. The minimum absolute atomic E-state index is 0. The first-order valence-electron chi connectivity index (χ1n) is 3.82. The maximum atomic E-state index is 11.1. The van der Waals surface area contributed by atoms with Crippen molar-refractivity contribution in [2.24, 2.45) is 5.41 Å². The summed E-state index contributed by atoms with van der Waals surface area (Å²) < 4.78 is 0. The van der Waals surface area contributed by atoms with Gasteiger partial charge in [-0.3, -0.25) is 19.2 Å². The van der Waals surface area contributed by atoms with E-state index in [9.17, 15) is 19.2 Å². The van der Waals surface area contributed by atoms with Crippen LogP contribution in [0.3, 0.4) is 0 Å². The number of ketones is 4. The Morgan fingerprint density at radius 3 is 0.786 bits per heavy atom. The van der Waals surface area contributed by atoms with Crippen LogP contribution in [-0.4, -0.2) is 23.1 Å². The molecule has 0 heterocycles. The van der Waals surface area contributed by atoms with Crippen molar-refractivity contribution in [2.75, 3.05) is 0 Å². The molecule has 0 saturated carbocycles. The number of hydrogen-bond acceptors (Lipinski definition) is 4. The largest absolute Gasteiger partial charge is 0.298 e. The van der Waals surface area contributed by atoms with Gasteiger partial charge in [0, 0.05) is 19.5 Å². The van der Waals surface area contributed by atoms with Crippen molar-refractivity contribution in [3.63, 3.8) is 0 Å². The molecule has 0 fully saturated rings. The second-order valence-electron chi connectivity index (χ2n) is 2.97. The summed E-state index contributed by atoms with van der Waals surface area (Å²) in [7, 11) is 0. The zero-order valence-corrected chi connectivity index (χ0v) is 10.1. The van der Waals surface area contributed by atoms with Gasteiger partial charge in [-0.15, -0.1) is 0 Å².